The first kappa shape index (κ1) is 20.3. The number of rotatable bonds is 8. The standard InChI is InChI=1S/C12H22O11/c13-1-4(16)7(18)11(5(17)2-14)23-12-10(21)9(20)8(19)6(3-15)22-12/h5-15,17-21H,1-3H2/t5-,6-,7+,8+,9+,10-,11+,12?/m1/s1. The first-order chi connectivity index (χ1) is 10.8. The summed E-state index contributed by atoms with van der Waals surface area (Å²) in [5, 5.41) is 75.1. The fourth-order valence-electron chi connectivity index (χ4n) is 2.09. The van der Waals surface area contributed by atoms with E-state index in [1.165, 1.54) is 0 Å². The maximum atomic E-state index is 11.3. The van der Waals surface area contributed by atoms with Gasteiger partial charge in [-0.1, -0.05) is 0 Å². The highest BCUT2D eigenvalue weighted by Crippen LogP contribution is 2.24. The van der Waals surface area contributed by atoms with Crippen molar-refractivity contribution < 1.29 is 55.1 Å². The summed E-state index contributed by atoms with van der Waals surface area (Å²) in [5.74, 6) is -1.12. The van der Waals surface area contributed by atoms with Crippen LogP contribution in [0.5, 0.6) is 0 Å². The molecule has 0 saturated carbocycles. The number of aliphatic hydroxyl groups is 8. The predicted molar refractivity (Wildman–Crippen MR) is 69.8 cm³/mol. The maximum Gasteiger partial charge on any atom is 0.189 e. The van der Waals surface area contributed by atoms with Crippen LogP contribution < -0.4 is 0 Å². The molecule has 1 rings (SSSR count). The number of Topliss-reactive ketones (excluding diaryl/α,β-unsaturated/α-hetero) is 1. The van der Waals surface area contributed by atoms with E-state index in [1.807, 2.05) is 0 Å². The van der Waals surface area contributed by atoms with Gasteiger partial charge in [0.25, 0.3) is 0 Å². The van der Waals surface area contributed by atoms with Gasteiger partial charge in [-0.25, -0.2) is 0 Å². The Labute approximate surface area is 130 Å². The quantitative estimate of drug-likeness (QED) is 0.209. The lowest BCUT2D eigenvalue weighted by molar-refractivity contribution is -0.323. The third-order valence-electron chi connectivity index (χ3n) is 3.50. The number of ketones is 1. The highest BCUT2D eigenvalue weighted by atomic mass is 16.7. The van der Waals surface area contributed by atoms with Crippen LogP contribution in [0, 0.1) is 0 Å². The Bertz CT molecular complexity index is 376. The van der Waals surface area contributed by atoms with E-state index in [9.17, 15) is 30.3 Å². The third-order valence-corrected chi connectivity index (χ3v) is 3.50. The number of aliphatic hydroxyl groups excluding tert-OH is 8. The Hall–Kier alpha value is -0.730. The molecule has 0 aliphatic carbocycles. The molecular weight excluding hydrogens is 320 g/mol. The number of hydrogen-bond donors (Lipinski definition) is 8. The SMILES string of the molecule is O=C(CO)[C@H](O)[C@@H](OC1O[C@H](CO)[C@H](O)[C@H](O)[C@H]1O)[C@H](O)CO. The van der Waals surface area contributed by atoms with Crippen LogP contribution in [0.2, 0.25) is 0 Å². The predicted octanol–water partition coefficient (Wildman–Crippen LogP) is -5.55. The lowest BCUT2D eigenvalue weighted by atomic mass is 9.98. The molecule has 23 heavy (non-hydrogen) atoms. The Kier molecular flexibility index (Phi) is 7.89. The Balaban J connectivity index is 2.91. The summed E-state index contributed by atoms with van der Waals surface area (Å²) in [4.78, 5) is 11.3. The molecule has 1 aliphatic rings. The highest BCUT2D eigenvalue weighted by Gasteiger charge is 2.46. The Morgan fingerprint density at radius 1 is 1.04 bits per heavy atom. The summed E-state index contributed by atoms with van der Waals surface area (Å²) in [5.41, 5.74) is 0. The van der Waals surface area contributed by atoms with Gasteiger partial charge in [-0.2, -0.15) is 0 Å². The van der Waals surface area contributed by atoms with Crippen molar-refractivity contribution in [1.82, 2.24) is 0 Å². The zero-order valence-corrected chi connectivity index (χ0v) is 12.0. The second-order valence-electron chi connectivity index (χ2n) is 5.12. The molecule has 1 aliphatic heterocycles. The van der Waals surface area contributed by atoms with E-state index >= 15 is 0 Å². The van der Waals surface area contributed by atoms with Crippen molar-refractivity contribution in [2.75, 3.05) is 19.8 Å². The molecule has 0 spiro atoms. The van der Waals surface area contributed by atoms with Crippen LogP contribution >= 0.6 is 0 Å². The molecule has 1 heterocycles. The van der Waals surface area contributed by atoms with Crippen LogP contribution in [-0.4, -0.2) is 115 Å². The minimum Gasteiger partial charge on any atom is -0.394 e. The molecule has 11 heteroatoms. The van der Waals surface area contributed by atoms with Gasteiger partial charge >= 0.3 is 0 Å². The first-order valence-electron chi connectivity index (χ1n) is 6.85. The third kappa shape index (κ3) is 4.64. The summed E-state index contributed by atoms with van der Waals surface area (Å²) in [6, 6.07) is 0. The molecule has 11 nitrogen and oxygen atoms in total. The molecule has 8 N–H and O–H groups in total. The molecule has 0 radical (unpaired) electrons. The van der Waals surface area contributed by atoms with Gasteiger partial charge in [-0.3, -0.25) is 4.79 Å². The van der Waals surface area contributed by atoms with E-state index in [0.29, 0.717) is 0 Å². The Morgan fingerprint density at radius 3 is 2.13 bits per heavy atom. The topological polar surface area (TPSA) is 197 Å². The number of carbonyl (C=O) groups excluding carboxylic acids is 1. The molecule has 1 unspecified atom stereocenters. The van der Waals surface area contributed by atoms with Crippen molar-refractivity contribution in [1.29, 1.82) is 0 Å². The van der Waals surface area contributed by atoms with Crippen molar-refractivity contribution >= 4 is 5.78 Å². The smallest absolute Gasteiger partial charge is 0.189 e. The molecule has 0 aromatic heterocycles. The van der Waals surface area contributed by atoms with Gasteiger partial charge < -0.3 is 50.3 Å². The monoisotopic (exact) mass is 342 g/mol. The molecule has 1 saturated heterocycles. The van der Waals surface area contributed by atoms with Gasteiger partial charge in [0.2, 0.25) is 0 Å². The zero-order valence-electron chi connectivity index (χ0n) is 12.0. The van der Waals surface area contributed by atoms with E-state index in [2.05, 4.69) is 0 Å². The second kappa shape index (κ2) is 8.94. The van der Waals surface area contributed by atoms with Crippen molar-refractivity contribution in [3.63, 3.8) is 0 Å². The van der Waals surface area contributed by atoms with Gasteiger partial charge in [0.1, 0.15) is 49.3 Å². The minimum atomic E-state index is -2.05. The largest absolute Gasteiger partial charge is 0.394 e. The van der Waals surface area contributed by atoms with E-state index in [4.69, 9.17) is 24.8 Å². The summed E-state index contributed by atoms with van der Waals surface area (Å²) in [7, 11) is 0. The van der Waals surface area contributed by atoms with Gasteiger partial charge in [0, 0.05) is 0 Å². The normalized spacial score (nSPS) is 35.6. The molecule has 0 amide bonds. The van der Waals surface area contributed by atoms with Crippen molar-refractivity contribution in [2.24, 2.45) is 0 Å². The Morgan fingerprint density at radius 2 is 1.65 bits per heavy atom. The summed E-state index contributed by atoms with van der Waals surface area (Å²) >= 11 is 0. The van der Waals surface area contributed by atoms with Crippen molar-refractivity contribution in [2.45, 2.75) is 49.0 Å². The minimum absolute atomic E-state index is 0.726. The first-order valence-corrected chi connectivity index (χ1v) is 6.85. The van der Waals surface area contributed by atoms with Crippen LogP contribution in [-0.2, 0) is 14.3 Å². The zero-order chi connectivity index (χ0) is 17.7. The molecule has 136 valence electrons. The number of carbonyl (C=O) groups is 1. The van der Waals surface area contributed by atoms with E-state index in [0.717, 1.165) is 0 Å². The second-order valence-corrected chi connectivity index (χ2v) is 5.12. The molecule has 1 fully saturated rings. The van der Waals surface area contributed by atoms with E-state index in [1.54, 1.807) is 0 Å². The lowest BCUT2D eigenvalue weighted by Gasteiger charge is -2.41. The van der Waals surface area contributed by atoms with Crippen LogP contribution in [0.1, 0.15) is 0 Å². The van der Waals surface area contributed by atoms with Gasteiger partial charge in [-0.15, -0.1) is 0 Å². The van der Waals surface area contributed by atoms with Gasteiger partial charge in [-0.05, 0) is 0 Å². The van der Waals surface area contributed by atoms with Gasteiger partial charge in [0.15, 0.2) is 12.1 Å². The number of hydrogen-bond acceptors (Lipinski definition) is 11. The van der Waals surface area contributed by atoms with Crippen LogP contribution in [0.25, 0.3) is 0 Å². The van der Waals surface area contributed by atoms with Crippen LogP contribution in [0.4, 0.5) is 0 Å². The van der Waals surface area contributed by atoms with Crippen LogP contribution in [0.15, 0.2) is 0 Å². The maximum absolute atomic E-state index is 11.3. The fourth-order valence-corrected chi connectivity index (χ4v) is 2.09. The molecule has 8 atom stereocenters. The number of ether oxygens (including phenoxy) is 2. The average Bonchev–Trinajstić information content (AvgIpc) is 2.57. The molecule has 0 aromatic carbocycles. The van der Waals surface area contributed by atoms with Crippen molar-refractivity contribution in [3.8, 4) is 0 Å². The van der Waals surface area contributed by atoms with Crippen molar-refractivity contribution in [3.05, 3.63) is 0 Å². The van der Waals surface area contributed by atoms with Crippen LogP contribution in [0.3, 0.4) is 0 Å². The summed E-state index contributed by atoms with van der Waals surface area (Å²) < 4.78 is 10.1. The fraction of sp³-hybridized carbons (Fsp3) is 0.917. The van der Waals surface area contributed by atoms with E-state index in [-0.39, 0.29) is 0 Å². The van der Waals surface area contributed by atoms with E-state index < -0.39 is 74.6 Å². The van der Waals surface area contributed by atoms with Gasteiger partial charge in [0.05, 0.1) is 13.2 Å². The lowest BCUT2D eigenvalue weighted by Crippen LogP contribution is -2.61. The molecule has 0 bridgehead atoms. The summed E-state index contributed by atoms with van der Waals surface area (Å²) in [6.45, 7) is -2.71. The average molecular weight is 342 g/mol. The summed E-state index contributed by atoms with van der Waals surface area (Å²) in [6.07, 6.45) is -13.8. The molecular formula is C12H22O11. The molecule has 0 aromatic rings. The highest BCUT2D eigenvalue weighted by molar-refractivity contribution is 5.84.